The molecule has 0 atom stereocenters. The van der Waals surface area contributed by atoms with E-state index in [1.807, 2.05) is 18.2 Å². The van der Waals surface area contributed by atoms with Crippen molar-refractivity contribution in [3.63, 3.8) is 0 Å². The van der Waals surface area contributed by atoms with Crippen LogP contribution in [-0.2, 0) is 11.3 Å². The number of carbonyl (C=O) groups is 1. The third-order valence-electron chi connectivity index (χ3n) is 2.14. The summed E-state index contributed by atoms with van der Waals surface area (Å²) in [5, 5.41) is 3.12. The minimum atomic E-state index is -0.234. The molecule has 1 aliphatic rings. The lowest BCUT2D eigenvalue weighted by molar-refractivity contribution is 0.0535. The molecule has 1 aliphatic heterocycles. The molecule has 1 N–H and O–H groups in total. The summed E-state index contributed by atoms with van der Waals surface area (Å²) in [6.45, 7) is 4.70. The SMILES string of the molecule is C=CCNc1ccc2c(c1)C(=O)OC2. The van der Waals surface area contributed by atoms with Gasteiger partial charge >= 0.3 is 5.97 Å². The van der Waals surface area contributed by atoms with Crippen LogP contribution in [0.4, 0.5) is 5.69 Å². The summed E-state index contributed by atoms with van der Waals surface area (Å²) in [6, 6.07) is 5.66. The normalized spacial score (nSPS) is 13.3. The Balaban J connectivity index is 2.25. The summed E-state index contributed by atoms with van der Waals surface area (Å²) < 4.78 is 4.90. The molecule has 14 heavy (non-hydrogen) atoms. The number of anilines is 1. The fourth-order valence-electron chi connectivity index (χ4n) is 1.41. The summed E-state index contributed by atoms with van der Waals surface area (Å²) in [5.41, 5.74) is 2.54. The van der Waals surface area contributed by atoms with Crippen LogP contribution in [0.25, 0.3) is 0 Å². The Hall–Kier alpha value is -1.77. The number of carbonyl (C=O) groups excluding carboxylic acids is 1. The number of hydrogen-bond donors (Lipinski definition) is 1. The smallest absolute Gasteiger partial charge is 0.338 e. The maximum absolute atomic E-state index is 11.2. The first-order valence-corrected chi connectivity index (χ1v) is 4.46. The molecule has 0 amide bonds. The van der Waals surface area contributed by atoms with Crippen LogP contribution in [0.2, 0.25) is 0 Å². The van der Waals surface area contributed by atoms with E-state index in [1.54, 1.807) is 6.08 Å². The van der Waals surface area contributed by atoms with Crippen LogP contribution in [0, 0.1) is 0 Å². The number of esters is 1. The van der Waals surface area contributed by atoms with Crippen molar-refractivity contribution in [2.75, 3.05) is 11.9 Å². The van der Waals surface area contributed by atoms with Crippen LogP contribution in [0.3, 0.4) is 0 Å². The predicted octanol–water partition coefficient (Wildman–Crippen LogP) is 1.95. The fourth-order valence-corrected chi connectivity index (χ4v) is 1.41. The van der Waals surface area contributed by atoms with Crippen molar-refractivity contribution in [2.45, 2.75) is 6.61 Å². The van der Waals surface area contributed by atoms with Crippen LogP contribution in [0.1, 0.15) is 15.9 Å². The number of cyclic esters (lactones) is 1. The summed E-state index contributed by atoms with van der Waals surface area (Å²) >= 11 is 0. The minimum Gasteiger partial charge on any atom is -0.457 e. The molecule has 1 heterocycles. The summed E-state index contributed by atoms with van der Waals surface area (Å²) in [6.07, 6.45) is 1.77. The molecule has 0 saturated carbocycles. The van der Waals surface area contributed by atoms with Crippen molar-refractivity contribution in [2.24, 2.45) is 0 Å². The summed E-state index contributed by atoms with van der Waals surface area (Å²) in [7, 11) is 0. The largest absolute Gasteiger partial charge is 0.457 e. The number of rotatable bonds is 3. The number of fused-ring (bicyclic) bond motifs is 1. The zero-order chi connectivity index (χ0) is 9.97. The molecule has 0 unspecified atom stereocenters. The zero-order valence-electron chi connectivity index (χ0n) is 7.75. The Kier molecular flexibility index (Phi) is 2.23. The van der Waals surface area contributed by atoms with Crippen LogP contribution in [0.15, 0.2) is 30.9 Å². The molecule has 0 aliphatic carbocycles. The molecule has 0 fully saturated rings. The van der Waals surface area contributed by atoms with Gasteiger partial charge in [-0.25, -0.2) is 4.79 Å². The highest BCUT2D eigenvalue weighted by molar-refractivity contribution is 5.94. The van der Waals surface area contributed by atoms with Gasteiger partial charge in [-0.15, -0.1) is 6.58 Å². The van der Waals surface area contributed by atoms with E-state index in [9.17, 15) is 4.79 Å². The zero-order valence-corrected chi connectivity index (χ0v) is 7.75. The van der Waals surface area contributed by atoms with Crippen molar-refractivity contribution >= 4 is 11.7 Å². The van der Waals surface area contributed by atoms with Gasteiger partial charge in [0.25, 0.3) is 0 Å². The number of ether oxygens (including phenoxy) is 1. The molecule has 0 aromatic heterocycles. The molecule has 1 aromatic carbocycles. The maximum atomic E-state index is 11.2. The Labute approximate surface area is 82.4 Å². The average molecular weight is 189 g/mol. The Bertz CT molecular complexity index is 385. The Morgan fingerprint density at radius 3 is 3.21 bits per heavy atom. The van der Waals surface area contributed by atoms with E-state index in [-0.39, 0.29) is 5.97 Å². The summed E-state index contributed by atoms with van der Waals surface area (Å²) in [4.78, 5) is 11.2. The highest BCUT2D eigenvalue weighted by Crippen LogP contribution is 2.23. The maximum Gasteiger partial charge on any atom is 0.338 e. The first-order valence-electron chi connectivity index (χ1n) is 4.46. The van der Waals surface area contributed by atoms with Crippen molar-refractivity contribution in [3.8, 4) is 0 Å². The lowest BCUT2D eigenvalue weighted by atomic mass is 10.1. The van der Waals surface area contributed by atoms with E-state index in [0.29, 0.717) is 18.7 Å². The number of nitrogens with one attached hydrogen (secondary N) is 1. The molecular formula is C11H11NO2. The standard InChI is InChI=1S/C11H11NO2/c1-2-5-12-9-4-3-8-7-14-11(13)10(8)6-9/h2-4,6,12H,1,5,7H2. The van der Waals surface area contributed by atoms with Gasteiger partial charge in [-0.1, -0.05) is 12.1 Å². The second-order valence-corrected chi connectivity index (χ2v) is 3.12. The molecule has 2 rings (SSSR count). The fraction of sp³-hybridized carbons (Fsp3) is 0.182. The average Bonchev–Trinajstić information content (AvgIpc) is 2.57. The van der Waals surface area contributed by atoms with E-state index < -0.39 is 0 Å². The minimum absolute atomic E-state index is 0.234. The van der Waals surface area contributed by atoms with Crippen molar-refractivity contribution in [3.05, 3.63) is 42.0 Å². The van der Waals surface area contributed by atoms with Crippen molar-refractivity contribution < 1.29 is 9.53 Å². The summed E-state index contributed by atoms with van der Waals surface area (Å²) in [5.74, 6) is -0.234. The first kappa shape index (κ1) is 8.81. The van der Waals surface area contributed by atoms with Gasteiger partial charge in [-0.3, -0.25) is 0 Å². The van der Waals surface area contributed by atoms with E-state index in [1.165, 1.54) is 0 Å². The van der Waals surface area contributed by atoms with E-state index in [4.69, 9.17) is 4.74 Å². The lowest BCUT2D eigenvalue weighted by Crippen LogP contribution is -2.00. The topological polar surface area (TPSA) is 38.3 Å². The van der Waals surface area contributed by atoms with Crippen LogP contribution in [0.5, 0.6) is 0 Å². The number of benzene rings is 1. The van der Waals surface area contributed by atoms with Crippen LogP contribution < -0.4 is 5.32 Å². The molecule has 0 radical (unpaired) electrons. The van der Waals surface area contributed by atoms with Gasteiger partial charge in [0, 0.05) is 17.8 Å². The third kappa shape index (κ3) is 1.48. The molecule has 0 spiro atoms. The molecular weight excluding hydrogens is 178 g/mol. The monoisotopic (exact) mass is 189 g/mol. The quantitative estimate of drug-likeness (QED) is 0.583. The Morgan fingerprint density at radius 1 is 1.57 bits per heavy atom. The molecule has 0 bridgehead atoms. The Morgan fingerprint density at radius 2 is 2.43 bits per heavy atom. The molecule has 3 heteroatoms. The second-order valence-electron chi connectivity index (χ2n) is 3.12. The van der Waals surface area contributed by atoms with Gasteiger partial charge in [0.1, 0.15) is 6.61 Å². The van der Waals surface area contributed by atoms with E-state index in [2.05, 4.69) is 11.9 Å². The highest BCUT2D eigenvalue weighted by Gasteiger charge is 2.20. The van der Waals surface area contributed by atoms with Gasteiger partial charge in [-0.2, -0.15) is 0 Å². The molecule has 3 nitrogen and oxygen atoms in total. The van der Waals surface area contributed by atoms with Gasteiger partial charge in [0.15, 0.2) is 0 Å². The highest BCUT2D eigenvalue weighted by atomic mass is 16.5. The third-order valence-corrected chi connectivity index (χ3v) is 2.14. The molecule has 1 aromatic rings. The van der Waals surface area contributed by atoms with Crippen molar-refractivity contribution in [1.29, 1.82) is 0 Å². The number of hydrogen-bond acceptors (Lipinski definition) is 3. The van der Waals surface area contributed by atoms with Gasteiger partial charge < -0.3 is 10.1 Å². The molecule has 72 valence electrons. The van der Waals surface area contributed by atoms with Gasteiger partial charge in [0.2, 0.25) is 0 Å². The first-order chi connectivity index (χ1) is 6.81. The molecule has 0 saturated heterocycles. The van der Waals surface area contributed by atoms with Crippen LogP contribution >= 0.6 is 0 Å². The van der Waals surface area contributed by atoms with E-state index in [0.717, 1.165) is 11.3 Å². The van der Waals surface area contributed by atoms with Gasteiger partial charge in [-0.05, 0) is 12.1 Å². The van der Waals surface area contributed by atoms with Gasteiger partial charge in [0.05, 0.1) is 5.56 Å². The predicted molar refractivity (Wildman–Crippen MR) is 54.2 cm³/mol. The van der Waals surface area contributed by atoms with Crippen LogP contribution in [-0.4, -0.2) is 12.5 Å². The second kappa shape index (κ2) is 3.54. The van der Waals surface area contributed by atoms with E-state index >= 15 is 0 Å². The lowest BCUT2D eigenvalue weighted by Gasteiger charge is -2.03. The van der Waals surface area contributed by atoms with Crippen molar-refractivity contribution in [1.82, 2.24) is 0 Å².